The Kier molecular flexibility index (Phi) is 4.24. The number of aliphatic carboxylic acids is 1. The Morgan fingerprint density at radius 3 is 2.89 bits per heavy atom. The van der Waals surface area contributed by atoms with Gasteiger partial charge in [0.1, 0.15) is 0 Å². The van der Waals surface area contributed by atoms with Crippen molar-refractivity contribution in [3.8, 4) is 0 Å². The van der Waals surface area contributed by atoms with Crippen LogP contribution in [0.25, 0.3) is 0 Å². The van der Waals surface area contributed by atoms with Crippen molar-refractivity contribution in [2.24, 2.45) is 5.41 Å². The Morgan fingerprint density at radius 1 is 1.53 bits per heavy atom. The Morgan fingerprint density at radius 2 is 2.32 bits per heavy atom. The first-order chi connectivity index (χ1) is 9.09. The maximum atomic E-state index is 11.5. The molecular formula is C14H23N3O2. The molecule has 0 aromatic carbocycles. The minimum atomic E-state index is -0.649. The van der Waals surface area contributed by atoms with Crippen molar-refractivity contribution >= 4 is 5.97 Å². The lowest BCUT2D eigenvalue weighted by molar-refractivity contribution is -0.153. The minimum absolute atomic E-state index is 0.557. The van der Waals surface area contributed by atoms with Crippen LogP contribution >= 0.6 is 0 Å². The summed E-state index contributed by atoms with van der Waals surface area (Å²) in [5.41, 5.74) is 0.609. The van der Waals surface area contributed by atoms with Gasteiger partial charge in [-0.3, -0.25) is 14.4 Å². The Bertz CT molecular complexity index is 444. The van der Waals surface area contributed by atoms with Gasteiger partial charge < -0.3 is 5.11 Å². The summed E-state index contributed by atoms with van der Waals surface area (Å²) < 4.78 is 1.91. The number of nitrogens with zero attached hydrogens (tertiary/aromatic N) is 3. The van der Waals surface area contributed by atoms with Crippen molar-refractivity contribution in [2.75, 3.05) is 13.1 Å². The quantitative estimate of drug-likeness (QED) is 0.884. The van der Waals surface area contributed by atoms with Crippen molar-refractivity contribution in [1.82, 2.24) is 14.7 Å². The molecule has 19 heavy (non-hydrogen) atoms. The van der Waals surface area contributed by atoms with Gasteiger partial charge in [-0.05, 0) is 32.7 Å². The van der Waals surface area contributed by atoms with Gasteiger partial charge in [-0.2, -0.15) is 5.10 Å². The van der Waals surface area contributed by atoms with Gasteiger partial charge in [-0.25, -0.2) is 0 Å². The molecule has 5 heteroatoms. The molecule has 0 amide bonds. The fourth-order valence-corrected chi connectivity index (χ4v) is 2.90. The summed E-state index contributed by atoms with van der Waals surface area (Å²) in [4.78, 5) is 13.8. The van der Waals surface area contributed by atoms with E-state index < -0.39 is 11.4 Å². The van der Waals surface area contributed by atoms with Crippen LogP contribution in [0.3, 0.4) is 0 Å². The first kappa shape index (κ1) is 14.1. The van der Waals surface area contributed by atoms with Crippen molar-refractivity contribution in [3.05, 3.63) is 18.0 Å². The number of carbonyl (C=O) groups is 1. The van der Waals surface area contributed by atoms with E-state index in [1.165, 1.54) is 5.56 Å². The van der Waals surface area contributed by atoms with E-state index >= 15 is 0 Å². The second-order valence-electron chi connectivity index (χ2n) is 5.46. The van der Waals surface area contributed by atoms with Crippen LogP contribution in [0.2, 0.25) is 0 Å². The van der Waals surface area contributed by atoms with Crippen LogP contribution in [0, 0.1) is 5.41 Å². The molecule has 106 valence electrons. The number of hydrogen-bond donors (Lipinski definition) is 1. The summed E-state index contributed by atoms with van der Waals surface area (Å²) in [5, 5.41) is 13.7. The smallest absolute Gasteiger partial charge is 0.310 e. The molecule has 1 atom stereocenters. The summed E-state index contributed by atoms with van der Waals surface area (Å²) in [6.45, 7) is 7.34. The van der Waals surface area contributed by atoms with E-state index in [0.717, 1.165) is 32.5 Å². The fourth-order valence-electron chi connectivity index (χ4n) is 2.90. The van der Waals surface area contributed by atoms with Gasteiger partial charge in [0.2, 0.25) is 0 Å². The number of piperidine rings is 1. The first-order valence-corrected chi connectivity index (χ1v) is 7.06. The summed E-state index contributed by atoms with van der Waals surface area (Å²) in [6.07, 6.45) is 6.38. The van der Waals surface area contributed by atoms with Crippen molar-refractivity contribution in [3.63, 3.8) is 0 Å². The molecule has 2 rings (SSSR count). The Balaban J connectivity index is 2.03. The zero-order chi connectivity index (χ0) is 13.9. The second-order valence-corrected chi connectivity index (χ2v) is 5.46. The SMILES string of the molecule is CCn1cc(CN2CCCC(CC)(C(=O)O)C2)cn1. The van der Waals surface area contributed by atoms with Crippen LogP contribution in [0.4, 0.5) is 0 Å². The number of carboxylic acid groups (broad SMARTS) is 1. The van der Waals surface area contributed by atoms with E-state index in [0.29, 0.717) is 13.0 Å². The third-order valence-electron chi connectivity index (χ3n) is 4.20. The average Bonchev–Trinajstić information content (AvgIpc) is 2.86. The van der Waals surface area contributed by atoms with Crippen LogP contribution in [-0.4, -0.2) is 38.8 Å². The molecule has 1 aromatic rings. The molecule has 0 aliphatic carbocycles. The highest BCUT2D eigenvalue weighted by Crippen LogP contribution is 2.34. The Hall–Kier alpha value is -1.36. The fraction of sp³-hybridized carbons (Fsp3) is 0.714. The van der Waals surface area contributed by atoms with Gasteiger partial charge in [0, 0.05) is 31.4 Å². The molecule has 1 aliphatic heterocycles. The van der Waals surface area contributed by atoms with E-state index in [-0.39, 0.29) is 0 Å². The first-order valence-electron chi connectivity index (χ1n) is 7.06. The lowest BCUT2D eigenvalue weighted by Crippen LogP contribution is -2.47. The Labute approximate surface area is 114 Å². The van der Waals surface area contributed by atoms with Crippen molar-refractivity contribution < 1.29 is 9.90 Å². The molecule has 1 unspecified atom stereocenters. The molecule has 0 radical (unpaired) electrons. The highest BCUT2D eigenvalue weighted by atomic mass is 16.4. The second kappa shape index (κ2) is 5.74. The zero-order valence-corrected chi connectivity index (χ0v) is 11.8. The third kappa shape index (κ3) is 2.97. The molecule has 0 saturated carbocycles. The highest BCUT2D eigenvalue weighted by molar-refractivity contribution is 5.75. The molecule has 1 aromatic heterocycles. The van der Waals surface area contributed by atoms with E-state index in [1.54, 1.807) is 0 Å². The normalized spacial score (nSPS) is 24.5. The van der Waals surface area contributed by atoms with E-state index in [2.05, 4.69) is 16.9 Å². The van der Waals surface area contributed by atoms with Crippen LogP contribution in [0.5, 0.6) is 0 Å². The molecular weight excluding hydrogens is 242 g/mol. The number of aromatic nitrogens is 2. The van der Waals surface area contributed by atoms with Crippen molar-refractivity contribution in [2.45, 2.75) is 46.2 Å². The predicted molar refractivity (Wildman–Crippen MR) is 72.8 cm³/mol. The van der Waals surface area contributed by atoms with Crippen LogP contribution in [-0.2, 0) is 17.9 Å². The number of aryl methyl sites for hydroxylation is 1. The summed E-state index contributed by atoms with van der Waals surface area (Å²) in [7, 11) is 0. The monoisotopic (exact) mass is 265 g/mol. The predicted octanol–water partition coefficient (Wildman–Crippen LogP) is 1.98. The van der Waals surface area contributed by atoms with E-state index in [4.69, 9.17) is 0 Å². The number of likely N-dealkylation sites (tertiary alicyclic amines) is 1. The number of carboxylic acids is 1. The van der Waals surface area contributed by atoms with E-state index in [1.807, 2.05) is 24.0 Å². The van der Waals surface area contributed by atoms with E-state index in [9.17, 15) is 9.90 Å². The lowest BCUT2D eigenvalue weighted by Gasteiger charge is -2.39. The number of rotatable bonds is 5. The van der Waals surface area contributed by atoms with Gasteiger partial charge >= 0.3 is 5.97 Å². The largest absolute Gasteiger partial charge is 0.481 e. The van der Waals surface area contributed by atoms with Gasteiger partial charge in [0.25, 0.3) is 0 Å². The highest BCUT2D eigenvalue weighted by Gasteiger charge is 2.40. The van der Waals surface area contributed by atoms with Crippen LogP contribution in [0.1, 0.15) is 38.7 Å². The lowest BCUT2D eigenvalue weighted by atomic mass is 9.77. The topological polar surface area (TPSA) is 58.4 Å². The number of hydrogen-bond acceptors (Lipinski definition) is 3. The van der Waals surface area contributed by atoms with Gasteiger partial charge in [0.05, 0.1) is 11.6 Å². The average molecular weight is 265 g/mol. The summed E-state index contributed by atoms with van der Waals surface area (Å²) in [6, 6.07) is 0. The molecule has 1 saturated heterocycles. The van der Waals surface area contributed by atoms with Gasteiger partial charge in [0.15, 0.2) is 0 Å². The molecule has 0 spiro atoms. The standard InChI is InChI=1S/C14H23N3O2/c1-3-14(13(18)19)6-5-7-16(11-14)9-12-8-15-17(4-2)10-12/h8,10H,3-7,9,11H2,1-2H3,(H,18,19). The van der Waals surface area contributed by atoms with Crippen LogP contribution < -0.4 is 0 Å². The maximum Gasteiger partial charge on any atom is 0.310 e. The minimum Gasteiger partial charge on any atom is -0.481 e. The zero-order valence-electron chi connectivity index (χ0n) is 11.8. The maximum absolute atomic E-state index is 11.5. The third-order valence-corrected chi connectivity index (χ3v) is 4.20. The summed E-state index contributed by atoms with van der Waals surface area (Å²) in [5.74, 6) is -0.649. The van der Waals surface area contributed by atoms with Gasteiger partial charge in [-0.15, -0.1) is 0 Å². The van der Waals surface area contributed by atoms with Crippen LogP contribution in [0.15, 0.2) is 12.4 Å². The molecule has 2 heterocycles. The van der Waals surface area contributed by atoms with Gasteiger partial charge in [-0.1, -0.05) is 6.92 Å². The van der Waals surface area contributed by atoms with Crippen molar-refractivity contribution in [1.29, 1.82) is 0 Å². The molecule has 5 nitrogen and oxygen atoms in total. The molecule has 1 aliphatic rings. The molecule has 1 N–H and O–H groups in total. The molecule has 0 bridgehead atoms. The summed E-state index contributed by atoms with van der Waals surface area (Å²) >= 11 is 0. The molecule has 1 fully saturated rings.